The first-order valence-electron chi connectivity index (χ1n) is 18.7. The third kappa shape index (κ3) is 14.3. The Labute approximate surface area is 296 Å². The van der Waals surface area contributed by atoms with Gasteiger partial charge in [-0.1, -0.05) is 106 Å². The second-order valence-corrected chi connectivity index (χ2v) is 14.6. The van der Waals surface area contributed by atoms with Crippen LogP contribution in [0.5, 0.6) is 0 Å². The van der Waals surface area contributed by atoms with Gasteiger partial charge in [-0.15, -0.1) is 0 Å². The predicted molar refractivity (Wildman–Crippen MR) is 199 cm³/mol. The van der Waals surface area contributed by atoms with E-state index in [1.807, 2.05) is 12.2 Å². The van der Waals surface area contributed by atoms with Crippen molar-refractivity contribution in [2.45, 2.75) is 109 Å². The van der Waals surface area contributed by atoms with Crippen LogP contribution in [0, 0.1) is 23.7 Å². The summed E-state index contributed by atoms with van der Waals surface area (Å²) in [5, 5.41) is 18.3. The number of hydrogen-bond acceptors (Lipinski definition) is 6. The second-order valence-electron chi connectivity index (χ2n) is 14.6. The molecule has 6 nitrogen and oxygen atoms in total. The Balaban J connectivity index is 1.36. The van der Waals surface area contributed by atoms with Crippen LogP contribution >= 0.6 is 0 Å². The Bertz CT molecular complexity index is 1230. The number of allylic oxidation sites excluding steroid dienone is 4. The molecule has 0 spiro atoms. The largest absolute Gasteiger partial charge is 0.462 e. The van der Waals surface area contributed by atoms with E-state index < -0.39 is 25.2 Å². The molecule has 1 aromatic rings. The van der Waals surface area contributed by atoms with Gasteiger partial charge in [-0.3, -0.25) is 0 Å². The van der Waals surface area contributed by atoms with E-state index in [1.165, 1.54) is 82.6 Å². The number of benzene rings is 1. The number of aliphatic hydroxyl groups is 2. The molecule has 0 heterocycles. The van der Waals surface area contributed by atoms with Gasteiger partial charge in [0.15, 0.2) is 0 Å². The number of rotatable bonds is 21. The van der Waals surface area contributed by atoms with Crippen molar-refractivity contribution in [1.82, 2.24) is 0 Å². The summed E-state index contributed by atoms with van der Waals surface area (Å²) < 4.78 is 10.5. The molecule has 2 N–H and O–H groups in total. The van der Waals surface area contributed by atoms with Crippen LogP contribution in [0.1, 0.15) is 114 Å². The number of carbonyl (C=O) groups is 2. The number of carbonyl (C=O) groups excluding carboxylic acids is 2. The van der Waals surface area contributed by atoms with Crippen LogP contribution in [0.2, 0.25) is 0 Å². The summed E-state index contributed by atoms with van der Waals surface area (Å²) in [4.78, 5) is 24.0. The van der Waals surface area contributed by atoms with Crippen molar-refractivity contribution in [2.24, 2.45) is 23.7 Å². The fourth-order valence-electron chi connectivity index (χ4n) is 7.44. The van der Waals surface area contributed by atoms with E-state index >= 15 is 0 Å². The highest BCUT2D eigenvalue weighted by Crippen LogP contribution is 2.44. The average Bonchev–Trinajstić information content (AvgIpc) is 3.13. The highest BCUT2D eigenvalue weighted by Gasteiger charge is 2.31. The van der Waals surface area contributed by atoms with E-state index in [9.17, 15) is 9.59 Å². The van der Waals surface area contributed by atoms with Crippen molar-refractivity contribution in [3.63, 3.8) is 0 Å². The lowest BCUT2D eigenvalue weighted by Gasteiger charge is -2.38. The minimum atomic E-state index is -0.705. The van der Waals surface area contributed by atoms with Crippen molar-refractivity contribution in [3.8, 4) is 0 Å². The zero-order valence-corrected chi connectivity index (χ0v) is 30.1. The quantitative estimate of drug-likeness (QED) is 0.0585. The summed E-state index contributed by atoms with van der Waals surface area (Å²) >= 11 is 0. The summed E-state index contributed by atoms with van der Waals surface area (Å²) in [7, 11) is 0. The van der Waals surface area contributed by atoms with Gasteiger partial charge >= 0.3 is 11.9 Å². The second kappa shape index (κ2) is 21.8. The van der Waals surface area contributed by atoms with Crippen LogP contribution < -0.4 is 0 Å². The monoisotopic (exact) mass is 674 g/mol. The van der Waals surface area contributed by atoms with Crippen LogP contribution in [0.3, 0.4) is 0 Å². The molecular formula is C43H62O6. The number of aliphatic hydroxyl groups excluding tert-OH is 2. The van der Waals surface area contributed by atoms with Crippen molar-refractivity contribution in [2.75, 3.05) is 26.4 Å². The van der Waals surface area contributed by atoms with Crippen LogP contribution in [0.15, 0.2) is 85.0 Å². The molecule has 1 aromatic carbocycles. The lowest BCUT2D eigenvalue weighted by atomic mass is 9.68. The Hall–Kier alpha value is -3.22. The molecule has 0 amide bonds. The number of ether oxygens (including phenoxy) is 2. The van der Waals surface area contributed by atoms with Crippen molar-refractivity contribution in [3.05, 3.63) is 96.2 Å². The van der Waals surface area contributed by atoms with Crippen LogP contribution in [0.4, 0.5) is 0 Å². The fourth-order valence-corrected chi connectivity index (χ4v) is 7.44. The van der Waals surface area contributed by atoms with E-state index in [0.717, 1.165) is 47.7 Å². The molecule has 270 valence electrons. The van der Waals surface area contributed by atoms with Crippen molar-refractivity contribution in [1.29, 1.82) is 0 Å². The van der Waals surface area contributed by atoms with Gasteiger partial charge in [-0.25, -0.2) is 9.59 Å². The number of unbranched alkanes of at least 4 members (excludes halogenated alkanes) is 2. The standard InChI is InChI=1S/C43H62O6/c1-6-7-8-9-35-14-18-38(19-15-35)40-22-24-41(25-23-40)39-20-16-36(17-21-39)13-12-31(2)10-11-32(3)26-37(29-48-42(46)33(4)27-44)30-49-43(47)34(5)28-45/h10-11,14-15,18-19,36-37,39-41,44-45H,2-9,12-13,16-17,20-30H2,1H3/b11-10-. The topological polar surface area (TPSA) is 93.1 Å². The summed E-state index contributed by atoms with van der Waals surface area (Å²) in [5.74, 6) is 1.50. The molecule has 0 bridgehead atoms. The zero-order valence-electron chi connectivity index (χ0n) is 30.1. The minimum absolute atomic E-state index is 0.0400. The lowest BCUT2D eigenvalue weighted by molar-refractivity contribution is -0.144. The van der Waals surface area contributed by atoms with Gasteiger partial charge < -0.3 is 19.7 Å². The maximum atomic E-state index is 12.0. The first-order valence-corrected chi connectivity index (χ1v) is 18.7. The fraction of sp³-hybridized carbons (Fsp3) is 0.581. The first-order chi connectivity index (χ1) is 23.6. The molecule has 0 aliphatic heterocycles. The summed E-state index contributed by atoms with van der Waals surface area (Å²) in [5.41, 5.74) is 4.79. The average molecular weight is 675 g/mol. The van der Waals surface area contributed by atoms with E-state index in [2.05, 4.69) is 57.5 Å². The number of aryl methyl sites for hydroxylation is 1. The van der Waals surface area contributed by atoms with Gasteiger partial charge in [0, 0.05) is 5.92 Å². The van der Waals surface area contributed by atoms with Crippen LogP contribution in [-0.4, -0.2) is 48.6 Å². The highest BCUT2D eigenvalue weighted by atomic mass is 16.5. The van der Waals surface area contributed by atoms with Gasteiger partial charge in [0.1, 0.15) is 0 Å². The lowest BCUT2D eigenvalue weighted by Crippen LogP contribution is -2.25. The first kappa shape index (κ1) is 40.2. The van der Waals surface area contributed by atoms with Crippen molar-refractivity contribution >= 4 is 11.9 Å². The Kier molecular flexibility index (Phi) is 17.9. The minimum Gasteiger partial charge on any atom is -0.462 e. The third-order valence-corrected chi connectivity index (χ3v) is 10.7. The summed E-state index contributed by atoms with van der Waals surface area (Å²) in [6.45, 7) is 16.6. The third-order valence-electron chi connectivity index (χ3n) is 10.7. The predicted octanol–water partition coefficient (Wildman–Crippen LogP) is 9.14. The molecule has 0 aromatic heterocycles. The van der Waals surface area contributed by atoms with Gasteiger partial charge in [0.2, 0.25) is 0 Å². The van der Waals surface area contributed by atoms with Crippen molar-refractivity contribution < 1.29 is 29.3 Å². The molecule has 49 heavy (non-hydrogen) atoms. The van der Waals surface area contributed by atoms with Crippen LogP contribution in [0.25, 0.3) is 0 Å². The molecule has 2 aliphatic rings. The highest BCUT2D eigenvalue weighted by molar-refractivity contribution is 5.88. The van der Waals surface area contributed by atoms with E-state index in [4.69, 9.17) is 19.7 Å². The van der Waals surface area contributed by atoms with E-state index in [1.54, 1.807) is 5.56 Å². The van der Waals surface area contributed by atoms with Gasteiger partial charge in [0.25, 0.3) is 0 Å². The Morgan fingerprint density at radius 2 is 1.31 bits per heavy atom. The summed E-state index contributed by atoms with van der Waals surface area (Å²) in [6.07, 6.45) is 22.4. The molecule has 3 rings (SSSR count). The van der Waals surface area contributed by atoms with Gasteiger partial charge in [-0.05, 0) is 105 Å². The number of esters is 2. The van der Waals surface area contributed by atoms with Gasteiger partial charge in [-0.2, -0.15) is 0 Å². The van der Waals surface area contributed by atoms with Gasteiger partial charge in [0.05, 0.1) is 37.6 Å². The Morgan fingerprint density at radius 1 is 0.776 bits per heavy atom. The molecule has 6 heteroatoms. The molecular weight excluding hydrogens is 612 g/mol. The molecule has 2 saturated carbocycles. The van der Waals surface area contributed by atoms with E-state index in [0.29, 0.717) is 6.42 Å². The zero-order chi connectivity index (χ0) is 35.6. The molecule has 0 radical (unpaired) electrons. The number of hydrogen-bond donors (Lipinski definition) is 2. The normalized spacial score (nSPS) is 21.0. The molecule has 2 aliphatic carbocycles. The summed E-state index contributed by atoms with van der Waals surface area (Å²) in [6, 6.07) is 9.56. The van der Waals surface area contributed by atoms with E-state index in [-0.39, 0.29) is 30.3 Å². The molecule has 0 unspecified atom stereocenters. The van der Waals surface area contributed by atoms with Crippen LogP contribution in [-0.2, 0) is 25.5 Å². The SMILES string of the molecule is C=C(/C=C\C(=C)CC(COC(=O)C(=C)CO)COC(=O)C(=C)CO)CCC1CCC(C2CCC(c3ccc(CCCCC)cc3)CC2)CC1. The molecule has 0 saturated heterocycles. The molecule has 0 atom stereocenters. The maximum Gasteiger partial charge on any atom is 0.335 e. The Morgan fingerprint density at radius 3 is 1.84 bits per heavy atom. The maximum absolute atomic E-state index is 12.0. The molecule has 2 fully saturated rings. The smallest absolute Gasteiger partial charge is 0.335 e.